The number of nitro groups is 1. The smallest absolute Gasteiger partial charge is 0.269 e. The van der Waals surface area contributed by atoms with E-state index in [0.717, 1.165) is 16.8 Å². The Hall–Kier alpha value is -2.71. The van der Waals surface area contributed by atoms with E-state index in [1.807, 2.05) is 12.1 Å². The zero-order valence-electron chi connectivity index (χ0n) is 12.1. The Bertz CT molecular complexity index is 760. The summed E-state index contributed by atoms with van der Waals surface area (Å²) in [5.41, 5.74) is 7.80. The standard InChI is InChI=1S/C8H10N2O2.C6H5N3O.ClH/c9-6-5-7-1-3-8(4-2-7)10(11)12;10-9-6-4-2-1-3-5(6)7-8-9;/h1-4H,5-6,9H2;1-4,10H;1H. The van der Waals surface area contributed by atoms with E-state index < -0.39 is 4.92 Å². The molecule has 0 atom stereocenters. The number of nitro benzene ring substituents is 1. The highest BCUT2D eigenvalue weighted by molar-refractivity contribution is 5.85. The third kappa shape index (κ3) is 4.90. The number of hydrogen-bond acceptors (Lipinski definition) is 6. The Morgan fingerprint density at radius 2 is 1.83 bits per heavy atom. The third-order valence-corrected chi connectivity index (χ3v) is 2.91. The molecule has 1 heterocycles. The maximum Gasteiger partial charge on any atom is 0.269 e. The molecule has 0 amide bonds. The first-order valence-corrected chi connectivity index (χ1v) is 6.55. The molecule has 0 aliphatic carbocycles. The summed E-state index contributed by atoms with van der Waals surface area (Å²) in [7, 11) is 0. The van der Waals surface area contributed by atoms with Crippen LogP contribution in [0, 0.1) is 10.1 Å². The molecular formula is C14H16ClN5O3. The van der Waals surface area contributed by atoms with Gasteiger partial charge in [-0.05, 0) is 35.9 Å². The van der Waals surface area contributed by atoms with Crippen LogP contribution in [-0.2, 0) is 6.42 Å². The Kier molecular flexibility index (Phi) is 6.91. The van der Waals surface area contributed by atoms with Crippen LogP contribution in [0.3, 0.4) is 0 Å². The first kappa shape index (κ1) is 18.3. The van der Waals surface area contributed by atoms with Crippen LogP contribution in [0.5, 0.6) is 0 Å². The van der Waals surface area contributed by atoms with Crippen molar-refractivity contribution in [3.8, 4) is 0 Å². The molecule has 0 radical (unpaired) electrons. The van der Waals surface area contributed by atoms with Gasteiger partial charge < -0.3 is 10.9 Å². The van der Waals surface area contributed by atoms with E-state index in [4.69, 9.17) is 10.9 Å². The molecule has 0 saturated carbocycles. The summed E-state index contributed by atoms with van der Waals surface area (Å²) >= 11 is 0. The highest BCUT2D eigenvalue weighted by Gasteiger charge is 2.02. The van der Waals surface area contributed by atoms with Gasteiger partial charge in [-0.3, -0.25) is 10.1 Å². The average molecular weight is 338 g/mol. The highest BCUT2D eigenvalue weighted by atomic mass is 35.5. The lowest BCUT2D eigenvalue weighted by atomic mass is 10.1. The monoisotopic (exact) mass is 337 g/mol. The minimum atomic E-state index is -0.410. The van der Waals surface area contributed by atoms with E-state index in [1.54, 1.807) is 24.3 Å². The summed E-state index contributed by atoms with van der Waals surface area (Å²) < 4.78 is 0. The van der Waals surface area contributed by atoms with Crippen molar-refractivity contribution in [1.29, 1.82) is 0 Å². The average Bonchev–Trinajstić information content (AvgIpc) is 2.91. The van der Waals surface area contributed by atoms with Gasteiger partial charge in [0.15, 0.2) is 0 Å². The largest absolute Gasteiger partial charge is 0.410 e. The van der Waals surface area contributed by atoms with Gasteiger partial charge >= 0.3 is 0 Å². The number of hydrogen-bond donors (Lipinski definition) is 2. The van der Waals surface area contributed by atoms with Crippen molar-refractivity contribution >= 4 is 29.1 Å². The van der Waals surface area contributed by atoms with Gasteiger partial charge in [0, 0.05) is 12.1 Å². The lowest BCUT2D eigenvalue weighted by Crippen LogP contribution is -2.02. The van der Waals surface area contributed by atoms with Gasteiger partial charge in [-0.25, -0.2) is 0 Å². The van der Waals surface area contributed by atoms with Crippen LogP contribution < -0.4 is 5.73 Å². The number of benzene rings is 2. The molecule has 3 aromatic rings. The summed E-state index contributed by atoms with van der Waals surface area (Å²) in [6.07, 6.45) is 0.762. The van der Waals surface area contributed by atoms with Crippen molar-refractivity contribution in [3.63, 3.8) is 0 Å². The fourth-order valence-corrected chi connectivity index (χ4v) is 1.81. The summed E-state index contributed by atoms with van der Waals surface area (Å²) in [6, 6.07) is 13.6. The van der Waals surface area contributed by atoms with Gasteiger partial charge in [0.2, 0.25) is 0 Å². The molecule has 9 heteroatoms. The molecule has 0 fully saturated rings. The van der Waals surface area contributed by atoms with Crippen LogP contribution in [0.4, 0.5) is 5.69 Å². The molecule has 0 spiro atoms. The van der Waals surface area contributed by atoms with Crippen molar-refractivity contribution < 1.29 is 10.1 Å². The minimum absolute atomic E-state index is 0. The second-order valence-electron chi connectivity index (χ2n) is 4.43. The molecule has 0 saturated heterocycles. The number of nitrogens with zero attached hydrogens (tertiary/aromatic N) is 4. The predicted molar refractivity (Wildman–Crippen MR) is 87.8 cm³/mol. The number of non-ortho nitro benzene ring substituents is 1. The normalized spacial score (nSPS) is 9.61. The molecule has 2 aromatic carbocycles. The molecule has 0 unspecified atom stereocenters. The van der Waals surface area contributed by atoms with Gasteiger partial charge in [-0.2, -0.15) is 0 Å². The topological polar surface area (TPSA) is 120 Å². The van der Waals surface area contributed by atoms with E-state index >= 15 is 0 Å². The predicted octanol–water partition coefficient (Wildman–Crippen LogP) is 2.19. The maximum atomic E-state index is 10.3. The molecule has 3 rings (SSSR count). The van der Waals surface area contributed by atoms with E-state index in [2.05, 4.69) is 10.3 Å². The molecule has 122 valence electrons. The number of halogens is 1. The fraction of sp³-hybridized carbons (Fsp3) is 0.143. The van der Waals surface area contributed by atoms with Crippen molar-refractivity contribution in [1.82, 2.24) is 15.2 Å². The molecule has 0 aliphatic heterocycles. The summed E-state index contributed by atoms with van der Waals surface area (Å²) in [6.45, 7) is 0.567. The third-order valence-electron chi connectivity index (χ3n) is 2.91. The van der Waals surface area contributed by atoms with Crippen LogP contribution in [0.2, 0.25) is 0 Å². The number of aromatic nitrogens is 3. The second-order valence-corrected chi connectivity index (χ2v) is 4.43. The molecule has 0 bridgehead atoms. The van der Waals surface area contributed by atoms with Gasteiger partial charge in [0.05, 0.1) is 4.92 Å². The number of rotatable bonds is 3. The van der Waals surface area contributed by atoms with E-state index in [0.29, 0.717) is 17.6 Å². The molecule has 23 heavy (non-hydrogen) atoms. The van der Waals surface area contributed by atoms with E-state index in [1.165, 1.54) is 12.1 Å². The van der Waals surface area contributed by atoms with Gasteiger partial charge in [0.25, 0.3) is 5.69 Å². The van der Waals surface area contributed by atoms with Gasteiger partial charge in [0.1, 0.15) is 11.0 Å². The van der Waals surface area contributed by atoms with Crippen LogP contribution in [0.15, 0.2) is 48.5 Å². The lowest BCUT2D eigenvalue weighted by molar-refractivity contribution is -0.384. The number of fused-ring (bicyclic) bond motifs is 1. The Labute approximate surface area is 138 Å². The Morgan fingerprint density at radius 1 is 1.17 bits per heavy atom. The highest BCUT2D eigenvalue weighted by Crippen LogP contribution is 2.11. The lowest BCUT2D eigenvalue weighted by Gasteiger charge is -1.96. The summed E-state index contributed by atoms with van der Waals surface area (Å²) in [5, 5.41) is 26.3. The molecule has 3 N–H and O–H groups in total. The zero-order chi connectivity index (χ0) is 15.9. The minimum Gasteiger partial charge on any atom is -0.410 e. The first-order chi connectivity index (χ1) is 10.6. The molecular weight excluding hydrogens is 322 g/mol. The zero-order valence-corrected chi connectivity index (χ0v) is 12.9. The Morgan fingerprint density at radius 3 is 2.39 bits per heavy atom. The number of para-hydroxylation sites is 1. The van der Waals surface area contributed by atoms with E-state index in [9.17, 15) is 10.1 Å². The quantitative estimate of drug-likeness (QED) is 0.429. The van der Waals surface area contributed by atoms with Gasteiger partial charge in [-0.15, -0.1) is 17.5 Å². The molecule has 8 nitrogen and oxygen atoms in total. The first-order valence-electron chi connectivity index (χ1n) is 6.55. The van der Waals surface area contributed by atoms with Crippen molar-refractivity contribution in [2.24, 2.45) is 5.73 Å². The van der Waals surface area contributed by atoms with Gasteiger partial charge in [-0.1, -0.05) is 29.1 Å². The molecule has 0 aliphatic rings. The van der Waals surface area contributed by atoms with Crippen molar-refractivity contribution in [3.05, 3.63) is 64.2 Å². The van der Waals surface area contributed by atoms with E-state index in [-0.39, 0.29) is 18.1 Å². The summed E-state index contributed by atoms with van der Waals surface area (Å²) in [4.78, 5) is 10.6. The molecule has 1 aromatic heterocycles. The maximum absolute atomic E-state index is 10.3. The van der Waals surface area contributed by atoms with Crippen LogP contribution in [0.25, 0.3) is 11.0 Å². The second kappa shape index (κ2) is 8.66. The van der Waals surface area contributed by atoms with Crippen molar-refractivity contribution in [2.45, 2.75) is 6.42 Å². The summed E-state index contributed by atoms with van der Waals surface area (Å²) in [5.74, 6) is 0. The number of nitrogens with two attached hydrogens (primary N) is 1. The SMILES string of the molecule is Cl.NCCc1ccc([N+](=O)[O-])cc1.On1nnc2ccccc21. The van der Waals surface area contributed by atoms with Crippen LogP contribution in [-0.4, -0.2) is 31.8 Å². The van der Waals surface area contributed by atoms with Crippen molar-refractivity contribution in [2.75, 3.05) is 6.54 Å². The Balaban J connectivity index is 0.000000223. The van der Waals surface area contributed by atoms with Crippen LogP contribution in [0.1, 0.15) is 5.56 Å². The fourth-order valence-electron chi connectivity index (χ4n) is 1.81. The van der Waals surface area contributed by atoms with Crippen LogP contribution >= 0.6 is 12.4 Å².